The summed E-state index contributed by atoms with van der Waals surface area (Å²) in [5, 5.41) is 12.9. The summed E-state index contributed by atoms with van der Waals surface area (Å²) in [5.41, 5.74) is 1.31. The van der Waals surface area contributed by atoms with E-state index in [9.17, 15) is 4.79 Å². The molecule has 0 spiro atoms. The van der Waals surface area contributed by atoms with Crippen LogP contribution in [0.1, 0.15) is 90.5 Å². The molecule has 0 aromatic carbocycles. The van der Waals surface area contributed by atoms with Crippen molar-refractivity contribution in [1.29, 1.82) is 0 Å². The topological polar surface area (TPSA) is 55.1 Å². The number of unbranched alkanes of at least 4 members (excludes halogenated alkanes) is 6. The number of hydrogen-bond donors (Lipinski definition) is 1. The zero-order chi connectivity index (χ0) is 16.8. The Morgan fingerprint density at radius 3 is 2.14 bits per heavy atom. The summed E-state index contributed by atoms with van der Waals surface area (Å²) >= 11 is 0. The third kappa shape index (κ3) is 10.4. The van der Waals surface area contributed by atoms with Gasteiger partial charge in [-0.15, -0.1) is 0 Å². The lowest BCUT2D eigenvalue weighted by atomic mass is 10.1. The molecule has 0 bridgehead atoms. The first-order chi connectivity index (χ1) is 10.6. The van der Waals surface area contributed by atoms with Gasteiger partial charge in [0.1, 0.15) is 0 Å². The summed E-state index contributed by atoms with van der Waals surface area (Å²) < 4.78 is 2.04. The number of carboxylic acids is 1. The molecule has 0 saturated carbocycles. The SMILES string of the molecule is CC.CC(C)c1cnn(CCCCCCCCCC(=O)O)c1. The Kier molecular flexibility index (Phi) is 12.5. The second kappa shape index (κ2) is 13.4. The van der Waals surface area contributed by atoms with Crippen LogP contribution in [0, 0.1) is 0 Å². The summed E-state index contributed by atoms with van der Waals surface area (Å²) in [5.74, 6) is -0.125. The Morgan fingerprint density at radius 1 is 1.09 bits per heavy atom. The average Bonchev–Trinajstić information content (AvgIpc) is 2.96. The minimum atomic E-state index is -0.676. The van der Waals surface area contributed by atoms with E-state index in [1.165, 1.54) is 31.2 Å². The second-order valence-electron chi connectivity index (χ2n) is 5.81. The zero-order valence-electron chi connectivity index (χ0n) is 14.8. The first-order valence-corrected chi connectivity index (χ1v) is 8.83. The molecular weight excluding hydrogens is 276 g/mol. The lowest BCUT2D eigenvalue weighted by Gasteiger charge is -2.03. The molecule has 0 unspecified atom stereocenters. The highest BCUT2D eigenvalue weighted by molar-refractivity contribution is 5.66. The molecule has 4 heteroatoms. The predicted molar refractivity (Wildman–Crippen MR) is 92.2 cm³/mol. The molecule has 1 heterocycles. The smallest absolute Gasteiger partial charge is 0.303 e. The fourth-order valence-corrected chi connectivity index (χ4v) is 2.23. The average molecular weight is 310 g/mol. The molecule has 22 heavy (non-hydrogen) atoms. The van der Waals surface area contributed by atoms with E-state index in [1.54, 1.807) is 0 Å². The van der Waals surface area contributed by atoms with Crippen LogP contribution in [0.3, 0.4) is 0 Å². The molecule has 0 amide bonds. The Bertz CT molecular complexity index is 386. The monoisotopic (exact) mass is 310 g/mol. The van der Waals surface area contributed by atoms with Gasteiger partial charge in [-0.3, -0.25) is 9.48 Å². The van der Waals surface area contributed by atoms with E-state index in [4.69, 9.17) is 5.11 Å². The number of aryl methyl sites for hydroxylation is 1. The maximum Gasteiger partial charge on any atom is 0.303 e. The van der Waals surface area contributed by atoms with Crippen LogP contribution < -0.4 is 0 Å². The van der Waals surface area contributed by atoms with Crippen molar-refractivity contribution in [1.82, 2.24) is 9.78 Å². The molecule has 0 saturated heterocycles. The summed E-state index contributed by atoms with van der Waals surface area (Å²) in [6.07, 6.45) is 12.3. The van der Waals surface area contributed by atoms with Crippen LogP contribution in [0.15, 0.2) is 12.4 Å². The minimum absolute atomic E-state index is 0.317. The third-order valence-corrected chi connectivity index (χ3v) is 3.60. The first kappa shape index (κ1) is 20.7. The Labute approximate surface area is 135 Å². The number of hydrogen-bond acceptors (Lipinski definition) is 2. The van der Waals surface area contributed by atoms with E-state index in [2.05, 4.69) is 25.1 Å². The van der Waals surface area contributed by atoms with E-state index in [0.29, 0.717) is 12.3 Å². The standard InChI is InChI=1S/C16H28N2O2.C2H6/c1-14(2)15-12-17-18(13-15)11-9-7-5-3-4-6-8-10-16(19)20;1-2/h12-14H,3-11H2,1-2H3,(H,19,20);1-2H3. The second-order valence-corrected chi connectivity index (χ2v) is 5.81. The van der Waals surface area contributed by atoms with Gasteiger partial charge in [0.25, 0.3) is 0 Å². The van der Waals surface area contributed by atoms with Crippen LogP contribution in [0.25, 0.3) is 0 Å². The number of rotatable bonds is 11. The number of nitrogens with zero attached hydrogens (tertiary/aromatic N) is 2. The quantitative estimate of drug-likeness (QED) is 0.569. The van der Waals surface area contributed by atoms with Crippen molar-refractivity contribution in [3.8, 4) is 0 Å². The molecular formula is C18H34N2O2. The molecule has 0 aliphatic heterocycles. The summed E-state index contributed by atoms with van der Waals surface area (Å²) in [7, 11) is 0. The molecule has 0 atom stereocenters. The lowest BCUT2D eigenvalue weighted by molar-refractivity contribution is -0.137. The van der Waals surface area contributed by atoms with E-state index in [-0.39, 0.29) is 0 Å². The van der Waals surface area contributed by atoms with Crippen molar-refractivity contribution in [3.63, 3.8) is 0 Å². The zero-order valence-corrected chi connectivity index (χ0v) is 14.8. The highest BCUT2D eigenvalue weighted by Crippen LogP contribution is 2.13. The number of carboxylic acid groups (broad SMARTS) is 1. The fourth-order valence-electron chi connectivity index (χ4n) is 2.23. The molecule has 0 radical (unpaired) electrons. The minimum Gasteiger partial charge on any atom is -0.481 e. The van der Waals surface area contributed by atoms with Gasteiger partial charge >= 0.3 is 5.97 Å². The van der Waals surface area contributed by atoms with Crippen molar-refractivity contribution in [3.05, 3.63) is 18.0 Å². The van der Waals surface area contributed by atoms with Crippen molar-refractivity contribution in [2.75, 3.05) is 0 Å². The van der Waals surface area contributed by atoms with Crippen LogP contribution in [-0.2, 0) is 11.3 Å². The first-order valence-electron chi connectivity index (χ1n) is 8.83. The fraction of sp³-hybridized carbons (Fsp3) is 0.778. The largest absolute Gasteiger partial charge is 0.481 e. The van der Waals surface area contributed by atoms with Crippen LogP contribution in [0.4, 0.5) is 0 Å². The van der Waals surface area contributed by atoms with E-state index >= 15 is 0 Å². The summed E-state index contributed by atoms with van der Waals surface area (Å²) in [6.45, 7) is 9.38. The van der Waals surface area contributed by atoms with E-state index in [1.807, 2.05) is 24.7 Å². The van der Waals surface area contributed by atoms with Gasteiger partial charge in [-0.05, 0) is 24.3 Å². The van der Waals surface area contributed by atoms with Gasteiger partial charge in [-0.25, -0.2) is 0 Å². The van der Waals surface area contributed by atoms with Gasteiger partial charge in [0.15, 0.2) is 0 Å². The molecule has 0 fully saturated rings. The maximum atomic E-state index is 10.3. The van der Waals surface area contributed by atoms with Crippen molar-refractivity contribution >= 4 is 5.97 Å². The van der Waals surface area contributed by atoms with Gasteiger partial charge in [0.2, 0.25) is 0 Å². The molecule has 1 N–H and O–H groups in total. The highest BCUT2D eigenvalue weighted by atomic mass is 16.4. The van der Waals surface area contributed by atoms with E-state index in [0.717, 1.165) is 25.8 Å². The van der Waals surface area contributed by atoms with E-state index < -0.39 is 5.97 Å². The van der Waals surface area contributed by atoms with Crippen LogP contribution in [0.5, 0.6) is 0 Å². The van der Waals surface area contributed by atoms with Crippen LogP contribution in [0.2, 0.25) is 0 Å². The maximum absolute atomic E-state index is 10.3. The number of aromatic nitrogens is 2. The van der Waals surface area contributed by atoms with Crippen molar-refractivity contribution in [2.24, 2.45) is 0 Å². The normalized spacial score (nSPS) is 10.4. The summed E-state index contributed by atoms with van der Waals surface area (Å²) in [4.78, 5) is 10.3. The van der Waals surface area contributed by atoms with Gasteiger partial charge in [-0.2, -0.15) is 5.10 Å². The van der Waals surface area contributed by atoms with Gasteiger partial charge < -0.3 is 5.11 Å². The molecule has 1 aromatic rings. The van der Waals surface area contributed by atoms with Crippen LogP contribution >= 0.6 is 0 Å². The molecule has 0 aliphatic carbocycles. The Morgan fingerprint density at radius 2 is 1.64 bits per heavy atom. The molecule has 1 aromatic heterocycles. The van der Waals surface area contributed by atoms with Gasteiger partial charge in [-0.1, -0.05) is 59.8 Å². The Hall–Kier alpha value is -1.32. The summed E-state index contributed by atoms with van der Waals surface area (Å²) in [6, 6.07) is 0. The van der Waals surface area contributed by atoms with Crippen molar-refractivity contribution in [2.45, 2.75) is 91.5 Å². The molecule has 0 aliphatic rings. The lowest BCUT2D eigenvalue weighted by Crippen LogP contribution is -1.98. The van der Waals surface area contributed by atoms with Gasteiger partial charge in [0, 0.05) is 19.2 Å². The third-order valence-electron chi connectivity index (χ3n) is 3.60. The molecule has 128 valence electrons. The number of aliphatic carboxylic acids is 1. The number of carbonyl (C=O) groups is 1. The predicted octanol–water partition coefficient (Wildman–Crippen LogP) is 5.24. The highest BCUT2D eigenvalue weighted by Gasteiger charge is 2.02. The molecule has 4 nitrogen and oxygen atoms in total. The molecule has 1 rings (SSSR count). The Balaban J connectivity index is 0.00000211. The van der Waals surface area contributed by atoms with Crippen molar-refractivity contribution < 1.29 is 9.90 Å². The van der Waals surface area contributed by atoms with Crippen LogP contribution in [-0.4, -0.2) is 20.9 Å². The van der Waals surface area contributed by atoms with Gasteiger partial charge in [0.05, 0.1) is 6.20 Å².